The molecule has 3 aromatic rings. The molecule has 2 aromatic heterocycles. The summed E-state index contributed by atoms with van der Waals surface area (Å²) in [5.74, 6) is -0.490. The van der Waals surface area contributed by atoms with Gasteiger partial charge in [-0.05, 0) is 38.0 Å². The third-order valence-electron chi connectivity index (χ3n) is 4.15. The van der Waals surface area contributed by atoms with E-state index in [4.69, 9.17) is 10.5 Å². The summed E-state index contributed by atoms with van der Waals surface area (Å²) < 4.78 is 31.7. The average Bonchev–Trinajstić information content (AvgIpc) is 3.13. The van der Waals surface area contributed by atoms with E-state index in [1.165, 1.54) is 6.20 Å². The fourth-order valence-corrected chi connectivity index (χ4v) is 2.81. The molecular weight excluding hydrogens is 398 g/mol. The Morgan fingerprint density at radius 3 is 2.83 bits per heavy atom. The highest BCUT2D eigenvalue weighted by Gasteiger charge is 2.16. The lowest BCUT2D eigenvalue weighted by Gasteiger charge is -2.11. The molecule has 3 rings (SSSR count). The van der Waals surface area contributed by atoms with Crippen molar-refractivity contribution >= 4 is 34.3 Å². The molecule has 1 amide bonds. The Morgan fingerprint density at radius 1 is 1.33 bits per heavy atom. The fraction of sp³-hybridized carbons (Fsp3) is 0.389. The van der Waals surface area contributed by atoms with Gasteiger partial charge < -0.3 is 21.1 Å². The zero-order chi connectivity index (χ0) is 21.7. The van der Waals surface area contributed by atoms with Crippen molar-refractivity contribution in [2.24, 2.45) is 5.73 Å². The van der Waals surface area contributed by atoms with Crippen molar-refractivity contribution in [2.45, 2.75) is 26.8 Å². The monoisotopic (exact) mass is 420 g/mol. The summed E-state index contributed by atoms with van der Waals surface area (Å²) in [5, 5.41) is 18.1. The second-order valence-corrected chi connectivity index (χ2v) is 6.42. The molecule has 2 heterocycles. The zero-order valence-corrected chi connectivity index (χ0v) is 16.5. The van der Waals surface area contributed by atoms with Crippen LogP contribution in [0.2, 0.25) is 0 Å². The van der Waals surface area contributed by atoms with Gasteiger partial charge in [0.05, 0.1) is 5.52 Å². The maximum atomic E-state index is 12.9. The minimum Gasteiger partial charge on any atom is -0.382 e. The van der Waals surface area contributed by atoms with Crippen molar-refractivity contribution in [3.63, 3.8) is 0 Å². The molecule has 0 saturated carbocycles. The largest absolute Gasteiger partial charge is 0.382 e. The number of ether oxygens (including phenoxy) is 1. The van der Waals surface area contributed by atoms with E-state index in [9.17, 15) is 13.6 Å². The molecule has 0 aliphatic carbocycles. The molecule has 0 bridgehead atoms. The summed E-state index contributed by atoms with van der Waals surface area (Å²) >= 11 is 0. The van der Waals surface area contributed by atoms with Crippen LogP contribution in [0, 0.1) is 6.92 Å². The number of primary amides is 1. The van der Waals surface area contributed by atoms with E-state index in [-0.39, 0.29) is 17.5 Å². The molecule has 30 heavy (non-hydrogen) atoms. The van der Waals surface area contributed by atoms with Gasteiger partial charge in [0.2, 0.25) is 5.95 Å². The number of aromatic nitrogens is 5. The molecule has 0 fully saturated rings. The summed E-state index contributed by atoms with van der Waals surface area (Å²) in [6.07, 6.45) is 1.98. The van der Waals surface area contributed by atoms with Crippen molar-refractivity contribution in [1.82, 2.24) is 25.0 Å². The SMILES string of the molecule is CCOCCCNc1nnc(C(N)=O)c(Nc2cc(C)c3nn(C(F)F)cc3c2)n1. The lowest BCUT2D eigenvalue weighted by atomic mass is 10.1. The number of benzene rings is 1. The van der Waals surface area contributed by atoms with Crippen molar-refractivity contribution in [2.75, 3.05) is 30.4 Å². The number of carbonyl (C=O) groups is 1. The predicted molar refractivity (Wildman–Crippen MR) is 107 cm³/mol. The third-order valence-corrected chi connectivity index (χ3v) is 4.15. The van der Waals surface area contributed by atoms with Crippen LogP contribution in [0.1, 0.15) is 35.9 Å². The number of amides is 1. The van der Waals surface area contributed by atoms with E-state index < -0.39 is 12.5 Å². The van der Waals surface area contributed by atoms with Gasteiger partial charge in [-0.15, -0.1) is 10.2 Å². The number of carbonyl (C=O) groups excluding carboxylic acids is 1. The molecule has 0 atom stereocenters. The van der Waals surface area contributed by atoms with Crippen molar-refractivity contribution in [1.29, 1.82) is 0 Å². The maximum Gasteiger partial charge on any atom is 0.333 e. The van der Waals surface area contributed by atoms with Crippen LogP contribution in [0.4, 0.5) is 26.2 Å². The highest BCUT2D eigenvalue weighted by molar-refractivity contribution is 5.96. The number of fused-ring (bicyclic) bond motifs is 1. The normalized spacial score (nSPS) is 11.2. The second-order valence-electron chi connectivity index (χ2n) is 6.42. The van der Waals surface area contributed by atoms with E-state index in [1.54, 1.807) is 19.1 Å². The highest BCUT2D eigenvalue weighted by Crippen LogP contribution is 2.27. The first-order valence-electron chi connectivity index (χ1n) is 9.30. The molecule has 4 N–H and O–H groups in total. The average molecular weight is 420 g/mol. The van der Waals surface area contributed by atoms with E-state index in [0.717, 1.165) is 6.42 Å². The van der Waals surface area contributed by atoms with Gasteiger partial charge in [-0.3, -0.25) is 4.79 Å². The molecule has 12 heteroatoms. The Bertz CT molecular complexity index is 1040. The number of hydrogen-bond donors (Lipinski definition) is 3. The first-order chi connectivity index (χ1) is 14.4. The van der Waals surface area contributed by atoms with Gasteiger partial charge in [0.1, 0.15) is 0 Å². The number of aryl methyl sites for hydroxylation is 1. The lowest BCUT2D eigenvalue weighted by molar-refractivity contribution is 0.0573. The first kappa shape index (κ1) is 21.3. The number of rotatable bonds is 10. The molecule has 10 nitrogen and oxygen atoms in total. The molecule has 0 aliphatic rings. The minimum absolute atomic E-state index is 0.102. The van der Waals surface area contributed by atoms with Gasteiger partial charge in [-0.2, -0.15) is 18.9 Å². The fourth-order valence-electron chi connectivity index (χ4n) is 2.81. The van der Waals surface area contributed by atoms with Crippen LogP contribution in [0.5, 0.6) is 0 Å². The summed E-state index contributed by atoms with van der Waals surface area (Å²) in [7, 11) is 0. The van der Waals surface area contributed by atoms with Crippen LogP contribution in [-0.2, 0) is 4.74 Å². The van der Waals surface area contributed by atoms with Gasteiger partial charge >= 0.3 is 6.55 Å². The van der Waals surface area contributed by atoms with Crippen LogP contribution in [-0.4, -0.2) is 50.6 Å². The van der Waals surface area contributed by atoms with Crippen LogP contribution >= 0.6 is 0 Å². The number of nitrogens with zero attached hydrogens (tertiary/aromatic N) is 5. The van der Waals surface area contributed by atoms with E-state index in [0.29, 0.717) is 46.6 Å². The summed E-state index contributed by atoms with van der Waals surface area (Å²) in [6, 6.07) is 3.32. The van der Waals surface area contributed by atoms with Gasteiger partial charge in [-0.25, -0.2) is 4.68 Å². The number of anilines is 3. The first-order valence-corrected chi connectivity index (χ1v) is 9.30. The lowest BCUT2D eigenvalue weighted by Crippen LogP contribution is -2.19. The Morgan fingerprint density at radius 2 is 2.13 bits per heavy atom. The molecule has 160 valence electrons. The molecule has 0 aliphatic heterocycles. The molecular formula is C18H22F2N8O2. The predicted octanol–water partition coefficient (Wildman–Crippen LogP) is 2.61. The van der Waals surface area contributed by atoms with Gasteiger partial charge in [0.15, 0.2) is 11.5 Å². The van der Waals surface area contributed by atoms with E-state index >= 15 is 0 Å². The summed E-state index contributed by atoms with van der Waals surface area (Å²) in [4.78, 5) is 16.0. The quantitative estimate of drug-likeness (QED) is 0.426. The van der Waals surface area contributed by atoms with Gasteiger partial charge in [0.25, 0.3) is 5.91 Å². The second kappa shape index (κ2) is 9.39. The van der Waals surface area contributed by atoms with Crippen LogP contribution in [0.3, 0.4) is 0 Å². The summed E-state index contributed by atoms with van der Waals surface area (Å²) in [6.45, 7) is 2.70. The Balaban J connectivity index is 1.84. The molecule has 0 radical (unpaired) electrons. The van der Waals surface area contributed by atoms with Crippen LogP contribution in [0.15, 0.2) is 18.3 Å². The zero-order valence-electron chi connectivity index (χ0n) is 16.5. The maximum absolute atomic E-state index is 12.9. The number of hydrogen-bond acceptors (Lipinski definition) is 8. The number of alkyl halides is 2. The molecule has 0 unspecified atom stereocenters. The third kappa shape index (κ3) is 4.95. The summed E-state index contributed by atoms with van der Waals surface area (Å²) in [5.41, 5.74) is 6.87. The topological polar surface area (TPSA) is 133 Å². The van der Waals surface area contributed by atoms with Crippen LogP contribution in [0.25, 0.3) is 10.9 Å². The standard InChI is InChI=1S/C18H22F2N8O2/c1-3-30-6-4-5-22-18-24-16(14(15(21)29)25-26-18)23-12-7-10(2)13-11(8-12)9-28(27-13)17(19)20/h7-9,17H,3-6H2,1-2H3,(H2,21,29)(H2,22,23,24,26). The Kier molecular flexibility index (Phi) is 6.67. The van der Waals surface area contributed by atoms with Crippen molar-refractivity contribution < 1.29 is 18.3 Å². The smallest absolute Gasteiger partial charge is 0.333 e. The number of nitrogens with two attached hydrogens (primary N) is 1. The van der Waals surface area contributed by atoms with Crippen molar-refractivity contribution in [3.05, 3.63) is 29.6 Å². The Hall–Kier alpha value is -3.41. The molecule has 0 spiro atoms. The van der Waals surface area contributed by atoms with Crippen LogP contribution < -0.4 is 16.4 Å². The molecule has 1 aromatic carbocycles. The highest BCUT2D eigenvalue weighted by atomic mass is 19.3. The minimum atomic E-state index is -2.74. The van der Waals surface area contributed by atoms with Gasteiger partial charge in [0, 0.05) is 37.0 Å². The van der Waals surface area contributed by atoms with Gasteiger partial charge in [-0.1, -0.05) is 0 Å². The van der Waals surface area contributed by atoms with E-state index in [1.807, 2.05) is 6.92 Å². The molecule has 0 saturated heterocycles. The number of nitrogens with one attached hydrogen (secondary N) is 2. The van der Waals surface area contributed by atoms with E-state index in [2.05, 4.69) is 30.9 Å². The number of halogens is 2. The Labute approximate surface area is 170 Å². The van der Waals surface area contributed by atoms with Crippen molar-refractivity contribution in [3.8, 4) is 0 Å².